The average molecular weight is 459 g/mol. The number of hydrogen-bond acceptors (Lipinski definition) is 3. The summed E-state index contributed by atoms with van der Waals surface area (Å²) in [7, 11) is 0. The summed E-state index contributed by atoms with van der Waals surface area (Å²) in [5.41, 5.74) is 0.878. The number of rotatable bonds is 10. The Balaban J connectivity index is 1.77. The summed E-state index contributed by atoms with van der Waals surface area (Å²) in [5.74, 6) is 0.179. The van der Waals surface area contributed by atoms with Gasteiger partial charge in [0, 0.05) is 28.8 Å². The molecule has 0 spiro atoms. The van der Waals surface area contributed by atoms with Gasteiger partial charge in [-0.05, 0) is 55.5 Å². The Bertz CT molecular complexity index is 889. The molecule has 1 aliphatic rings. The van der Waals surface area contributed by atoms with Gasteiger partial charge in [-0.25, -0.2) is 4.39 Å². The zero-order valence-electron chi connectivity index (χ0n) is 19.5. The number of aryl methyl sites for hydroxylation is 1. The lowest BCUT2D eigenvalue weighted by molar-refractivity contribution is -0.144. The molecule has 0 radical (unpaired) electrons. The average Bonchev–Trinajstić information content (AvgIpc) is 3.45. The largest absolute Gasteiger partial charge is 0.333 e. The Morgan fingerprint density at radius 1 is 1.06 bits per heavy atom. The minimum atomic E-state index is -0.289. The summed E-state index contributed by atoms with van der Waals surface area (Å²) in [4.78, 5) is 32.6. The van der Waals surface area contributed by atoms with E-state index in [1.54, 1.807) is 33.3 Å². The molecule has 1 fully saturated rings. The molecule has 1 aromatic heterocycles. The van der Waals surface area contributed by atoms with E-state index in [1.165, 1.54) is 17.0 Å². The fourth-order valence-corrected chi connectivity index (χ4v) is 5.14. The van der Waals surface area contributed by atoms with Crippen molar-refractivity contribution in [2.75, 3.05) is 13.1 Å². The third-order valence-corrected chi connectivity index (χ3v) is 7.34. The second-order valence-corrected chi connectivity index (χ2v) is 10.5. The third-order valence-electron chi connectivity index (χ3n) is 6.35. The SMILES string of the molecule is CC[C@@H](C)CN(CC(=O)N(Cc1ccc(F)cc1)Cc1ccc(C)s1)C(=O)C1CCCC1. The molecule has 6 heteroatoms. The molecule has 4 nitrogen and oxygen atoms in total. The normalized spacial score (nSPS) is 15.0. The Labute approximate surface area is 195 Å². The molecular weight excluding hydrogens is 423 g/mol. The predicted molar refractivity (Wildman–Crippen MR) is 128 cm³/mol. The van der Waals surface area contributed by atoms with Crippen molar-refractivity contribution in [2.24, 2.45) is 11.8 Å². The summed E-state index contributed by atoms with van der Waals surface area (Å²) in [6.07, 6.45) is 5.01. The first-order chi connectivity index (χ1) is 15.4. The maximum absolute atomic E-state index is 13.5. The number of benzene rings is 1. The van der Waals surface area contributed by atoms with Crippen LogP contribution in [0.4, 0.5) is 4.39 Å². The van der Waals surface area contributed by atoms with Crippen molar-refractivity contribution in [3.8, 4) is 0 Å². The van der Waals surface area contributed by atoms with Crippen LogP contribution in [-0.4, -0.2) is 34.7 Å². The minimum absolute atomic E-state index is 0.0531. The van der Waals surface area contributed by atoms with E-state index in [-0.39, 0.29) is 30.1 Å². The number of carbonyl (C=O) groups excluding carboxylic acids is 2. The maximum atomic E-state index is 13.5. The van der Waals surface area contributed by atoms with Crippen molar-refractivity contribution in [3.63, 3.8) is 0 Å². The molecule has 32 heavy (non-hydrogen) atoms. The standard InChI is InChI=1S/C26H35FN2O2S/c1-4-19(2)15-29(26(31)22-7-5-6-8-22)18-25(30)28(17-24-14-9-20(3)32-24)16-21-10-12-23(27)13-11-21/h9-14,19,22H,4-8,15-18H2,1-3H3/t19-/m1/s1. The van der Waals surface area contributed by atoms with E-state index < -0.39 is 0 Å². The molecule has 0 N–H and O–H groups in total. The highest BCUT2D eigenvalue weighted by Crippen LogP contribution is 2.27. The Morgan fingerprint density at radius 2 is 1.75 bits per heavy atom. The molecule has 1 aliphatic carbocycles. The van der Waals surface area contributed by atoms with Gasteiger partial charge in [-0.3, -0.25) is 9.59 Å². The predicted octanol–water partition coefficient (Wildman–Crippen LogP) is 5.79. The van der Waals surface area contributed by atoms with Gasteiger partial charge in [-0.2, -0.15) is 0 Å². The van der Waals surface area contributed by atoms with E-state index in [4.69, 9.17) is 0 Å². The molecule has 1 aromatic carbocycles. The summed E-state index contributed by atoms with van der Waals surface area (Å²) < 4.78 is 13.4. The van der Waals surface area contributed by atoms with Crippen LogP contribution in [0.15, 0.2) is 36.4 Å². The van der Waals surface area contributed by atoms with Crippen LogP contribution < -0.4 is 0 Å². The van der Waals surface area contributed by atoms with Gasteiger partial charge in [0.05, 0.1) is 13.1 Å². The molecule has 174 valence electrons. The molecule has 0 aliphatic heterocycles. The Kier molecular flexibility index (Phi) is 8.85. The van der Waals surface area contributed by atoms with E-state index in [0.29, 0.717) is 25.6 Å². The highest BCUT2D eigenvalue weighted by atomic mass is 32.1. The zero-order chi connectivity index (χ0) is 23.1. The first kappa shape index (κ1) is 24.4. The lowest BCUT2D eigenvalue weighted by Crippen LogP contribution is -2.45. The van der Waals surface area contributed by atoms with Crippen molar-refractivity contribution in [2.45, 2.75) is 66.0 Å². The van der Waals surface area contributed by atoms with E-state index in [1.807, 2.05) is 6.07 Å². The topological polar surface area (TPSA) is 40.6 Å². The van der Waals surface area contributed by atoms with Gasteiger partial charge < -0.3 is 9.80 Å². The lowest BCUT2D eigenvalue weighted by atomic mass is 10.0. The van der Waals surface area contributed by atoms with Crippen LogP contribution in [0, 0.1) is 24.6 Å². The summed E-state index contributed by atoms with van der Waals surface area (Å²) in [6.45, 7) is 7.89. The fourth-order valence-electron chi connectivity index (χ4n) is 4.23. The van der Waals surface area contributed by atoms with Crippen LogP contribution >= 0.6 is 11.3 Å². The number of hydrogen-bond donors (Lipinski definition) is 0. The molecule has 0 bridgehead atoms. The third kappa shape index (κ3) is 6.89. The molecule has 3 rings (SSSR count). The van der Waals surface area contributed by atoms with Crippen LogP contribution in [-0.2, 0) is 22.7 Å². The van der Waals surface area contributed by atoms with Gasteiger partial charge >= 0.3 is 0 Å². The van der Waals surface area contributed by atoms with E-state index in [9.17, 15) is 14.0 Å². The molecular formula is C26H35FN2O2S. The quantitative estimate of drug-likeness (QED) is 0.452. The lowest BCUT2D eigenvalue weighted by Gasteiger charge is -2.31. The Morgan fingerprint density at radius 3 is 2.34 bits per heavy atom. The van der Waals surface area contributed by atoms with Crippen molar-refractivity contribution in [1.82, 2.24) is 9.80 Å². The second kappa shape index (κ2) is 11.6. The number of thiophene rings is 1. The van der Waals surface area contributed by atoms with Crippen LogP contribution in [0.1, 0.15) is 61.3 Å². The molecule has 1 heterocycles. The van der Waals surface area contributed by atoms with Gasteiger partial charge in [0.15, 0.2) is 0 Å². The molecule has 2 amide bonds. The minimum Gasteiger partial charge on any atom is -0.333 e. The fraction of sp³-hybridized carbons (Fsp3) is 0.538. The molecule has 1 atom stereocenters. The van der Waals surface area contributed by atoms with Crippen LogP contribution in [0.5, 0.6) is 0 Å². The molecule has 1 saturated carbocycles. The van der Waals surface area contributed by atoms with Gasteiger partial charge in [0.2, 0.25) is 11.8 Å². The van der Waals surface area contributed by atoms with Crippen LogP contribution in [0.25, 0.3) is 0 Å². The van der Waals surface area contributed by atoms with Crippen molar-refractivity contribution in [3.05, 3.63) is 57.5 Å². The van der Waals surface area contributed by atoms with E-state index in [2.05, 4.69) is 26.8 Å². The first-order valence-electron chi connectivity index (χ1n) is 11.7. The highest BCUT2D eigenvalue weighted by Gasteiger charge is 2.30. The number of carbonyl (C=O) groups is 2. The molecule has 0 saturated heterocycles. The van der Waals surface area contributed by atoms with Gasteiger partial charge in [0.1, 0.15) is 5.82 Å². The highest BCUT2D eigenvalue weighted by molar-refractivity contribution is 7.11. The van der Waals surface area contributed by atoms with Gasteiger partial charge in [-0.1, -0.05) is 45.2 Å². The number of amides is 2. The second-order valence-electron chi connectivity index (χ2n) is 9.10. The van der Waals surface area contributed by atoms with E-state index in [0.717, 1.165) is 42.5 Å². The van der Waals surface area contributed by atoms with Gasteiger partial charge in [-0.15, -0.1) is 11.3 Å². The van der Waals surface area contributed by atoms with Crippen molar-refractivity contribution >= 4 is 23.2 Å². The maximum Gasteiger partial charge on any atom is 0.242 e. The summed E-state index contributed by atoms with van der Waals surface area (Å²) in [5, 5.41) is 0. The molecule has 0 unspecified atom stereocenters. The summed E-state index contributed by atoms with van der Waals surface area (Å²) >= 11 is 1.67. The van der Waals surface area contributed by atoms with Crippen LogP contribution in [0.2, 0.25) is 0 Å². The first-order valence-corrected chi connectivity index (χ1v) is 12.5. The Hall–Kier alpha value is -2.21. The van der Waals surface area contributed by atoms with Gasteiger partial charge in [0.25, 0.3) is 0 Å². The monoisotopic (exact) mass is 458 g/mol. The van der Waals surface area contributed by atoms with Crippen LogP contribution in [0.3, 0.4) is 0 Å². The molecule has 2 aromatic rings. The zero-order valence-corrected chi connectivity index (χ0v) is 20.3. The smallest absolute Gasteiger partial charge is 0.242 e. The van der Waals surface area contributed by atoms with Crippen molar-refractivity contribution < 1.29 is 14.0 Å². The number of nitrogens with zero attached hydrogens (tertiary/aromatic N) is 2. The summed E-state index contributed by atoms with van der Waals surface area (Å²) in [6, 6.07) is 10.4. The number of halogens is 1. The van der Waals surface area contributed by atoms with E-state index >= 15 is 0 Å². The van der Waals surface area contributed by atoms with Crippen molar-refractivity contribution in [1.29, 1.82) is 0 Å².